The van der Waals surface area contributed by atoms with Crippen LogP contribution in [0, 0.1) is 5.82 Å². The molecule has 0 aliphatic heterocycles. The van der Waals surface area contributed by atoms with E-state index in [1.54, 1.807) is 0 Å². The summed E-state index contributed by atoms with van der Waals surface area (Å²) in [6, 6.07) is 1.02. The third-order valence-electron chi connectivity index (χ3n) is 1.50. The van der Waals surface area contributed by atoms with Crippen molar-refractivity contribution in [2.45, 2.75) is 6.10 Å². The lowest BCUT2D eigenvalue weighted by atomic mass is 10.1. The zero-order chi connectivity index (χ0) is 10.0. The standard InChI is InChI=1S/C7H7Cl2FN2O/c8-6-3(5(13)2-11)1-4(10)7(9)12-6/h1,5,13H,2,11H2/t5-/m0/s1. The van der Waals surface area contributed by atoms with Crippen LogP contribution < -0.4 is 5.73 Å². The number of halogens is 3. The van der Waals surface area contributed by atoms with E-state index in [0.29, 0.717) is 0 Å². The highest BCUT2D eigenvalue weighted by atomic mass is 35.5. The Kier molecular flexibility index (Phi) is 3.44. The van der Waals surface area contributed by atoms with Gasteiger partial charge in [0.15, 0.2) is 11.0 Å². The fourth-order valence-corrected chi connectivity index (χ4v) is 1.27. The van der Waals surface area contributed by atoms with Crippen molar-refractivity contribution in [3.05, 3.63) is 27.8 Å². The van der Waals surface area contributed by atoms with Crippen LogP contribution in [-0.4, -0.2) is 16.6 Å². The number of aliphatic hydroxyl groups is 1. The number of nitrogens with zero attached hydrogens (tertiary/aromatic N) is 1. The maximum absolute atomic E-state index is 12.9. The minimum atomic E-state index is -1.02. The Bertz CT molecular complexity index is 322. The third kappa shape index (κ3) is 2.28. The van der Waals surface area contributed by atoms with E-state index < -0.39 is 11.9 Å². The molecule has 3 N–H and O–H groups in total. The highest BCUT2D eigenvalue weighted by Crippen LogP contribution is 2.24. The van der Waals surface area contributed by atoms with Crippen molar-refractivity contribution in [3.8, 4) is 0 Å². The monoisotopic (exact) mass is 224 g/mol. The van der Waals surface area contributed by atoms with Crippen LogP contribution in [0.25, 0.3) is 0 Å². The van der Waals surface area contributed by atoms with Crippen LogP contribution in [0.5, 0.6) is 0 Å². The molecule has 0 amide bonds. The number of aromatic nitrogens is 1. The van der Waals surface area contributed by atoms with Crippen LogP contribution in [0.4, 0.5) is 4.39 Å². The fourth-order valence-electron chi connectivity index (χ4n) is 0.820. The van der Waals surface area contributed by atoms with E-state index in [1.165, 1.54) is 0 Å². The molecule has 0 aliphatic carbocycles. The summed E-state index contributed by atoms with van der Waals surface area (Å²) in [5, 5.41) is 8.91. The van der Waals surface area contributed by atoms with Crippen molar-refractivity contribution in [2.24, 2.45) is 5.73 Å². The van der Waals surface area contributed by atoms with E-state index in [0.717, 1.165) is 6.07 Å². The summed E-state index contributed by atoms with van der Waals surface area (Å²) in [4.78, 5) is 3.48. The smallest absolute Gasteiger partial charge is 0.166 e. The van der Waals surface area contributed by atoms with Crippen molar-refractivity contribution in [1.29, 1.82) is 0 Å². The minimum Gasteiger partial charge on any atom is -0.387 e. The van der Waals surface area contributed by atoms with E-state index >= 15 is 0 Å². The van der Waals surface area contributed by atoms with Gasteiger partial charge in [0.25, 0.3) is 0 Å². The van der Waals surface area contributed by atoms with E-state index in [4.69, 9.17) is 28.9 Å². The SMILES string of the molecule is NC[C@H](O)c1cc(F)c(Cl)nc1Cl. The zero-order valence-corrected chi connectivity index (χ0v) is 7.98. The highest BCUT2D eigenvalue weighted by Gasteiger charge is 2.14. The van der Waals surface area contributed by atoms with Gasteiger partial charge in [0, 0.05) is 12.1 Å². The van der Waals surface area contributed by atoms with Gasteiger partial charge in [-0.25, -0.2) is 9.37 Å². The molecule has 0 aromatic carbocycles. The molecule has 13 heavy (non-hydrogen) atoms. The van der Waals surface area contributed by atoms with Crippen LogP contribution in [-0.2, 0) is 0 Å². The van der Waals surface area contributed by atoms with E-state index in [1.807, 2.05) is 0 Å². The summed E-state index contributed by atoms with van der Waals surface area (Å²) in [5.41, 5.74) is 5.31. The first-order chi connectivity index (χ1) is 6.06. The molecule has 0 fully saturated rings. The molecule has 72 valence electrons. The van der Waals surface area contributed by atoms with Gasteiger partial charge in [-0.05, 0) is 6.07 Å². The molecule has 0 saturated carbocycles. The number of pyridine rings is 1. The summed E-state index contributed by atoms with van der Waals surface area (Å²) in [7, 11) is 0. The van der Waals surface area contributed by atoms with Crippen LogP contribution in [0.3, 0.4) is 0 Å². The van der Waals surface area contributed by atoms with Crippen LogP contribution >= 0.6 is 23.2 Å². The maximum Gasteiger partial charge on any atom is 0.166 e. The van der Waals surface area contributed by atoms with Crippen molar-refractivity contribution in [1.82, 2.24) is 4.98 Å². The lowest BCUT2D eigenvalue weighted by molar-refractivity contribution is 0.186. The van der Waals surface area contributed by atoms with E-state index in [-0.39, 0.29) is 22.4 Å². The Hall–Kier alpha value is -0.420. The zero-order valence-electron chi connectivity index (χ0n) is 6.47. The fraction of sp³-hybridized carbons (Fsp3) is 0.286. The Morgan fingerprint density at radius 3 is 2.69 bits per heavy atom. The number of rotatable bonds is 2. The largest absolute Gasteiger partial charge is 0.387 e. The van der Waals surface area contributed by atoms with Crippen LogP contribution in [0.2, 0.25) is 10.3 Å². The predicted molar refractivity (Wildman–Crippen MR) is 48.2 cm³/mol. The Morgan fingerprint density at radius 1 is 1.54 bits per heavy atom. The van der Waals surface area contributed by atoms with Gasteiger partial charge in [0.1, 0.15) is 5.15 Å². The molecule has 0 spiro atoms. The van der Waals surface area contributed by atoms with E-state index in [9.17, 15) is 9.50 Å². The molecule has 6 heteroatoms. The molecular formula is C7H7Cl2FN2O. The molecule has 3 nitrogen and oxygen atoms in total. The molecule has 0 aliphatic rings. The minimum absolute atomic E-state index is 0.0376. The van der Waals surface area contributed by atoms with Gasteiger partial charge in [0.05, 0.1) is 6.10 Å². The normalized spacial score (nSPS) is 13.0. The predicted octanol–water partition coefficient (Wildman–Crippen LogP) is 1.52. The summed E-state index contributed by atoms with van der Waals surface area (Å²) >= 11 is 10.9. The molecule has 0 radical (unpaired) electrons. The second-order valence-corrected chi connectivity index (χ2v) is 3.11. The maximum atomic E-state index is 12.9. The summed E-state index contributed by atoms with van der Waals surface area (Å²) in [6.07, 6.45) is -1.02. The van der Waals surface area contributed by atoms with Gasteiger partial charge in [-0.3, -0.25) is 0 Å². The first kappa shape index (κ1) is 10.7. The van der Waals surface area contributed by atoms with Crippen LogP contribution in [0.15, 0.2) is 6.07 Å². The summed E-state index contributed by atoms with van der Waals surface area (Å²) < 4.78 is 12.9. The lowest BCUT2D eigenvalue weighted by Crippen LogP contribution is -2.12. The number of hydrogen-bond acceptors (Lipinski definition) is 3. The first-order valence-corrected chi connectivity index (χ1v) is 4.21. The Labute approximate surface area is 84.3 Å². The quantitative estimate of drug-likeness (QED) is 0.750. The molecule has 0 bridgehead atoms. The molecular weight excluding hydrogens is 218 g/mol. The van der Waals surface area contributed by atoms with Crippen LogP contribution in [0.1, 0.15) is 11.7 Å². The molecule has 1 atom stereocenters. The second-order valence-electron chi connectivity index (χ2n) is 2.39. The van der Waals surface area contributed by atoms with Crippen molar-refractivity contribution >= 4 is 23.2 Å². The van der Waals surface area contributed by atoms with E-state index in [2.05, 4.69) is 4.98 Å². The van der Waals surface area contributed by atoms with Crippen molar-refractivity contribution in [2.75, 3.05) is 6.54 Å². The third-order valence-corrected chi connectivity index (χ3v) is 2.06. The number of nitrogens with two attached hydrogens (primary N) is 1. The molecule has 0 unspecified atom stereocenters. The molecule has 1 aromatic heterocycles. The van der Waals surface area contributed by atoms with Gasteiger partial charge < -0.3 is 10.8 Å². The topological polar surface area (TPSA) is 59.1 Å². The average molecular weight is 225 g/mol. The molecule has 0 saturated heterocycles. The summed E-state index contributed by atoms with van der Waals surface area (Å²) in [5.74, 6) is -0.728. The Morgan fingerprint density at radius 2 is 2.15 bits per heavy atom. The molecule has 1 rings (SSSR count). The molecule has 1 heterocycles. The Balaban J connectivity index is 3.15. The van der Waals surface area contributed by atoms with Gasteiger partial charge in [0.2, 0.25) is 0 Å². The highest BCUT2D eigenvalue weighted by molar-refractivity contribution is 6.32. The first-order valence-electron chi connectivity index (χ1n) is 3.45. The number of hydrogen-bond donors (Lipinski definition) is 2. The van der Waals surface area contributed by atoms with Gasteiger partial charge in [-0.2, -0.15) is 0 Å². The van der Waals surface area contributed by atoms with Crippen molar-refractivity contribution in [3.63, 3.8) is 0 Å². The molecule has 1 aromatic rings. The number of aliphatic hydroxyl groups excluding tert-OH is 1. The second kappa shape index (κ2) is 4.19. The van der Waals surface area contributed by atoms with Gasteiger partial charge in [-0.15, -0.1) is 0 Å². The average Bonchev–Trinajstić information content (AvgIpc) is 2.10. The van der Waals surface area contributed by atoms with Crippen molar-refractivity contribution < 1.29 is 9.50 Å². The van der Waals surface area contributed by atoms with Gasteiger partial charge >= 0.3 is 0 Å². The van der Waals surface area contributed by atoms with Gasteiger partial charge in [-0.1, -0.05) is 23.2 Å². The lowest BCUT2D eigenvalue weighted by Gasteiger charge is -2.09. The summed E-state index contributed by atoms with van der Waals surface area (Å²) in [6.45, 7) is -0.0531.